The van der Waals surface area contributed by atoms with Crippen molar-refractivity contribution < 1.29 is 9.53 Å². The van der Waals surface area contributed by atoms with E-state index in [0.29, 0.717) is 21.5 Å². The van der Waals surface area contributed by atoms with Gasteiger partial charge in [-0.1, -0.05) is 23.2 Å². The van der Waals surface area contributed by atoms with E-state index >= 15 is 0 Å². The van der Waals surface area contributed by atoms with Crippen molar-refractivity contribution in [3.63, 3.8) is 0 Å². The van der Waals surface area contributed by atoms with Gasteiger partial charge in [-0.25, -0.2) is 15.0 Å². The third kappa shape index (κ3) is 5.45. The zero-order valence-electron chi connectivity index (χ0n) is 19.6. The number of halogens is 2. The fraction of sp³-hybridized carbons (Fsp3) is 0.231. The topological polar surface area (TPSA) is 83.5 Å². The molecule has 3 heterocycles. The van der Waals surface area contributed by atoms with Crippen LogP contribution in [0.1, 0.15) is 5.56 Å². The van der Waals surface area contributed by atoms with Crippen LogP contribution in [0.25, 0.3) is 10.9 Å². The smallest absolute Gasteiger partial charge is 0.262 e. The van der Waals surface area contributed by atoms with Crippen molar-refractivity contribution in [1.29, 1.82) is 0 Å². The van der Waals surface area contributed by atoms with Gasteiger partial charge in [0.15, 0.2) is 6.61 Å². The minimum Gasteiger partial charge on any atom is -0.482 e. The molecular formula is C26H24Cl2N6O2. The summed E-state index contributed by atoms with van der Waals surface area (Å²) in [5.41, 5.74) is 2.64. The van der Waals surface area contributed by atoms with E-state index in [9.17, 15) is 4.79 Å². The van der Waals surface area contributed by atoms with E-state index in [0.717, 1.165) is 54.4 Å². The summed E-state index contributed by atoms with van der Waals surface area (Å²) in [5, 5.41) is 4.71. The lowest BCUT2D eigenvalue weighted by molar-refractivity contribution is -0.118. The van der Waals surface area contributed by atoms with Gasteiger partial charge in [-0.2, -0.15) is 0 Å². The van der Waals surface area contributed by atoms with Crippen LogP contribution in [0.15, 0.2) is 60.9 Å². The summed E-state index contributed by atoms with van der Waals surface area (Å²) in [6, 6.07) is 14.5. The number of hydrogen-bond donors (Lipinski definition) is 1. The highest BCUT2D eigenvalue weighted by Crippen LogP contribution is 2.28. The molecular weight excluding hydrogens is 499 g/mol. The SMILES string of the molecule is Cc1cc(N2CCN(c3ncccn3)CC2)nc2ccc(NC(=O)COc3ccc(Cl)cc3Cl)cc12. The molecule has 1 amide bonds. The summed E-state index contributed by atoms with van der Waals surface area (Å²) in [6.07, 6.45) is 3.53. The van der Waals surface area contributed by atoms with E-state index in [-0.39, 0.29) is 12.5 Å². The summed E-state index contributed by atoms with van der Waals surface area (Å²) in [6.45, 7) is 5.21. The largest absolute Gasteiger partial charge is 0.482 e. The molecule has 1 fully saturated rings. The maximum Gasteiger partial charge on any atom is 0.262 e. The summed E-state index contributed by atoms with van der Waals surface area (Å²) < 4.78 is 5.52. The van der Waals surface area contributed by atoms with Gasteiger partial charge < -0.3 is 19.9 Å². The van der Waals surface area contributed by atoms with Crippen molar-refractivity contribution in [3.05, 3.63) is 76.5 Å². The molecule has 184 valence electrons. The zero-order valence-corrected chi connectivity index (χ0v) is 21.1. The highest BCUT2D eigenvalue weighted by Gasteiger charge is 2.20. The molecule has 0 spiro atoms. The first-order valence-corrected chi connectivity index (χ1v) is 12.3. The molecule has 0 radical (unpaired) electrons. The lowest BCUT2D eigenvalue weighted by atomic mass is 10.1. The minimum atomic E-state index is -0.289. The van der Waals surface area contributed by atoms with Gasteiger partial charge >= 0.3 is 0 Å². The summed E-state index contributed by atoms with van der Waals surface area (Å²) in [5.74, 6) is 1.82. The second-order valence-electron chi connectivity index (χ2n) is 8.46. The van der Waals surface area contributed by atoms with Crippen LogP contribution in [0.2, 0.25) is 10.0 Å². The molecule has 4 aromatic rings. The normalized spacial score (nSPS) is 13.6. The standard InChI is InChI=1S/C26H24Cl2N6O2/c1-17-13-24(33-9-11-34(12-10-33)26-29-7-2-8-30-26)32-22-5-4-19(15-20(17)22)31-25(35)16-36-23-6-3-18(27)14-21(23)28/h2-8,13-15H,9-12,16H2,1H3,(H,31,35). The fourth-order valence-electron chi connectivity index (χ4n) is 4.14. The number of nitrogens with zero attached hydrogens (tertiary/aromatic N) is 5. The van der Waals surface area contributed by atoms with E-state index in [1.54, 1.807) is 30.6 Å². The van der Waals surface area contributed by atoms with E-state index in [2.05, 4.69) is 38.1 Å². The van der Waals surface area contributed by atoms with Gasteiger partial charge in [-0.05, 0) is 61.0 Å². The number of nitrogens with one attached hydrogen (secondary N) is 1. The number of hydrogen-bond acceptors (Lipinski definition) is 7. The van der Waals surface area contributed by atoms with E-state index < -0.39 is 0 Å². The third-order valence-electron chi connectivity index (χ3n) is 5.98. The number of amides is 1. The van der Waals surface area contributed by atoms with Gasteiger partial charge in [0.2, 0.25) is 5.95 Å². The Balaban J connectivity index is 1.23. The van der Waals surface area contributed by atoms with Gasteiger partial charge in [0.05, 0.1) is 10.5 Å². The average Bonchev–Trinajstić information content (AvgIpc) is 2.89. The molecule has 36 heavy (non-hydrogen) atoms. The van der Waals surface area contributed by atoms with E-state index in [1.807, 2.05) is 24.3 Å². The Morgan fingerprint density at radius 1 is 1.00 bits per heavy atom. The highest BCUT2D eigenvalue weighted by atomic mass is 35.5. The molecule has 0 saturated carbocycles. The lowest BCUT2D eigenvalue weighted by Gasteiger charge is -2.35. The summed E-state index contributed by atoms with van der Waals surface area (Å²) >= 11 is 12.0. The molecule has 1 saturated heterocycles. The Kier molecular flexibility index (Phi) is 7.06. The van der Waals surface area contributed by atoms with Crippen LogP contribution in [-0.4, -0.2) is 53.6 Å². The van der Waals surface area contributed by atoms with E-state index in [1.165, 1.54) is 0 Å². The van der Waals surface area contributed by atoms with Gasteiger partial charge in [-0.15, -0.1) is 0 Å². The van der Waals surface area contributed by atoms with Gasteiger partial charge in [-0.3, -0.25) is 4.79 Å². The molecule has 2 aromatic heterocycles. The molecule has 1 aliphatic heterocycles. The Hall–Kier alpha value is -3.62. The average molecular weight is 523 g/mol. The van der Waals surface area contributed by atoms with Gasteiger partial charge in [0, 0.05) is 54.7 Å². The molecule has 0 unspecified atom stereocenters. The maximum atomic E-state index is 12.4. The second-order valence-corrected chi connectivity index (χ2v) is 9.31. The molecule has 1 aliphatic rings. The Morgan fingerprint density at radius 2 is 1.75 bits per heavy atom. The molecule has 10 heteroatoms. The van der Waals surface area contributed by atoms with Crippen LogP contribution in [-0.2, 0) is 4.79 Å². The number of carbonyl (C=O) groups excluding carboxylic acids is 1. The van der Waals surface area contributed by atoms with E-state index in [4.69, 9.17) is 32.9 Å². The monoisotopic (exact) mass is 522 g/mol. The first-order valence-electron chi connectivity index (χ1n) is 11.5. The van der Waals surface area contributed by atoms with Crippen LogP contribution in [0, 0.1) is 6.92 Å². The van der Waals surface area contributed by atoms with Crippen LogP contribution in [0.4, 0.5) is 17.5 Å². The second kappa shape index (κ2) is 10.6. The molecule has 0 atom stereocenters. The number of aryl methyl sites for hydroxylation is 1. The summed E-state index contributed by atoms with van der Waals surface area (Å²) in [7, 11) is 0. The van der Waals surface area contributed by atoms with Crippen molar-refractivity contribution in [3.8, 4) is 5.75 Å². The first-order chi connectivity index (χ1) is 17.5. The number of pyridine rings is 1. The molecule has 2 aromatic carbocycles. The summed E-state index contributed by atoms with van der Waals surface area (Å²) in [4.78, 5) is 30.5. The number of piperazine rings is 1. The Labute approximate surface area is 218 Å². The Bertz CT molecular complexity index is 1390. The minimum absolute atomic E-state index is 0.171. The maximum absolute atomic E-state index is 12.4. The molecule has 5 rings (SSSR count). The predicted molar refractivity (Wildman–Crippen MR) is 144 cm³/mol. The Morgan fingerprint density at radius 3 is 2.50 bits per heavy atom. The fourth-order valence-corrected chi connectivity index (χ4v) is 4.60. The molecule has 8 nitrogen and oxygen atoms in total. The quantitative estimate of drug-likeness (QED) is 0.382. The predicted octanol–water partition coefficient (Wildman–Crippen LogP) is 4.98. The number of carbonyl (C=O) groups is 1. The van der Waals surface area contributed by atoms with Crippen LogP contribution < -0.4 is 19.9 Å². The zero-order chi connectivity index (χ0) is 25.1. The first kappa shape index (κ1) is 24.1. The van der Waals surface area contributed by atoms with Crippen molar-refractivity contribution >= 4 is 57.5 Å². The molecule has 0 aliphatic carbocycles. The highest BCUT2D eigenvalue weighted by molar-refractivity contribution is 6.35. The van der Waals surface area contributed by atoms with Gasteiger partial charge in [0.25, 0.3) is 5.91 Å². The number of ether oxygens (including phenoxy) is 1. The van der Waals surface area contributed by atoms with Crippen LogP contribution in [0.5, 0.6) is 5.75 Å². The van der Waals surface area contributed by atoms with Crippen molar-refractivity contribution in [2.45, 2.75) is 6.92 Å². The van der Waals surface area contributed by atoms with Crippen molar-refractivity contribution in [2.75, 3.05) is 47.9 Å². The molecule has 1 N–H and O–H groups in total. The number of benzene rings is 2. The lowest BCUT2D eigenvalue weighted by Crippen LogP contribution is -2.47. The van der Waals surface area contributed by atoms with Crippen molar-refractivity contribution in [2.24, 2.45) is 0 Å². The number of rotatable bonds is 6. The molecule has 0 bridgehead atoms. The number of anilines is 3. The van der Waals surface area contributed by atoms with Gasteiger partial charge in [0.1, 0.15) is 11.6 Å². The van der Waals surface area contributed by atoms with Crippen LogP contribution in [0.3, 0.4) is 0 Å². The third-order valence-corrected chi connectivity index (χ3v) is 6.51. The number of fused-ring (bicyclic) bond motifs is 1. The number of aromatic nitrogens is 3. The van der Waals surface area contributed by atoms with Crippen molar-refractivity contribution in [1.82, 2.24) is 15.0 Å². The van der Waals surface area contributed by atoms with Crippen LogP contribution >= 0.6 is 23.2 Å².